The smallest absolute Gasteiger partial charge is 0.331 e. The number of hydrogen-bond acceptors (Lipinski definition) is 5. The molecular formula is C21H16FN5O3S2. The summed E-state index contributed by atoms with van der Waals surface area (Å²) in [5.74, 6) is -0.724. The lowest BCUT2D eigenvalue weighted by atomic mass is 10.1. The number of amides is 2. The number of aromatic amines is 1. The molecule has 162 valence electrons. The van der Waals surface area contributed by atoms with E-state index in [2.05, 4.69) is 33.2 Å². The number of H-pyrrole nitrogens is 1. The summed E-state index contributed by atoms with van der Waals surface area (Å²) >= 11 is 1.02. The molecule has 32 heavy (non-hydrogen) atoms. The Labute approximate surface area is 187 Å². The highest BCUT2D eigenvalue weighted by Gasteiger charge is 2.13. The number of thioether (sulfide) groups is 1. The highest BCUT2D eigenvalue weighted by Crippen LogP contribution is 2.21. The van der Waals surface area contributed by atoms with Crippen LogP contribution in [0.25, 0.3) is 27.5 Å². The summed E-state index contributed by atoms with van der Waals surface area (Å²) in [4.78, 5) is 32.1. The van der Waals surface area contributed by atoms with Gasteiger partial charge in [0.05, 0.1) is 27.3 Å². The van der Waals surface area contributed by atoms with E-state index in [1.165, 1.54) is 34.6 Å². The van der Waals surface area contributed by atoms with Gasteiger partial charge in [-0.25, -0.2) is 18.4 Å². The molecular weight excluding hydrogens is 453 g/mol. The Morgan fingerprint density at radius 1 is 1.28 bits per heavy atom. The maximum Gasteiger partial charge on any atom is 0.331 e. The van der Waals surface area contributed by atoms with Crippen molar-refractivity contribution in [3.63, 3.8) is 0 Å². The highest BCUT2D eigenvalue weighted by molar-refractivity contribution is 8.17. The van der Waals surface area contributed by atoms with Crippen molar-refractivity contribution in [3.8, 4) is 5.69 Å². The Kier molecular flexibility index (Phi) is 5.93. The quantitative estimate of drug-likeness (QED) is 0.393. The molecule has 0 aliphatic heterocycles. The van der Waals surface area contributed by atoms with Crippen LogP contribution in [-0.4, -0.2) is 24.8 Å². The summed E-state index contributed by atoms with van der Waals surface area (Å²) in [5.41, 5.74) is 1.16. The van der Waals surface area contributed by atoms with Gasteiger partial charge < -0.3 is 10.3 Å². The number of carbonyl (C=O) groups excluding carboxylic acids is 1. The van der Waals surface area contributed by atoms with Crippen LogP contribution < -0.4 is 15.6 Å². The number of rotatable bonds is 6. The van der Waals surface area contributed by atoms with Crippen LogP contribution in [0.15, 0.2) is 76.5 Å². The van der Waals surface area contributed by atoms with Crippen molar-refractivity contribution in [3.05, 3.63) is 87.9 Å². The summed E-state index contributed by atoms with van der Waals surface area (Å²) in [6, 6.07) is 8.23. The van der Waals surface area contributed by atoms with Gasteiger partial charge in [-0.1, -0.05) is 24.9 Å². The second-order valence-corrected chi connectivity index (χ2v) is 9.05. The molecule has 3 N–H and O–H groups in total. The molecule has 0 aliphatic rings. The number of nitrogens with one attached hydrogen (secondary N) is 3. The number of carbonyl (C=O) groups is 1. The van der Waals surface area contributed by atoms with Crippen LogP contribution in [0.1, 0.15) is 0 Å². The van der Waals surface area contributed by atoms with Gasteiger partial charge in [-0.05, 0) is 47.2 Å². The van der Waals surface area contributed by atoms with Crippen molar-refractivity contribution < 1.29 is 13.4 Å². The van der Waals surface area contributed by atoms with Crippen LogP contribution in [0.3, 0.4) is 0 Å². The van der Waals surface area contributed by atoms with Crippen molar-refractivity contribution in [2.24, 2.45) is 0 Å². The van der Waals surface area contributed by atoms with Gasteiger partial charge in [-0.3, -0.25) is 14.1 Å². The number of imidazole rings is 1. The number of benzene rings is 2. The van der Waals surface area contributed by atoms with Crippen LogP contribution in [0.5, 0.6) is 0 Å². The number of nitrogens with zero attached hydrogens (tertiary/aromatic N) is 2. The number of pyridine rings is 1. The van der Waals surface area contributed by atoms with E-state index in [4.69, 9.17) is 0 Å². The molecule has 4 rings (SSSR count). The minimum atomic E-state index is -1.84. The van der Waals surface area contributed by atoms with Crippen molar-refractivity contribution >= 4 is 56.3 Å². The molecule has 2 heterocycles. The first-order valence-corrected chi connectivity index (χ1v) is 11.1. The summed E-state index contributed by atoms with van der Waals surface area (Å²) in [7, 11) is -1.84. The van der Waals surface area contributed by atoms with Gasteiger partial charge in [0.2, 0.25) is 0 Å². The summed E-state index contributed by atoms with van der Waals surface area (Å²) in [5, 5.41) is 4.92. The van der Waals surface area contributed by atoms with Crippen molar-refractivity contribution in [2.45, 2.75) is 0 Å². The van der Waals surface area contributed by atoms with Gasteiger partial charge in [0.25, 0.3) is 5.56 Å². The Hall–Kier alpha value is -3.70. The number of hydrogen-bond donors (Lipinski definition) is 3. The SMILES string of the molecule is C=CSC(=C)S(=O)NC(=O)Nc1ccc(-n2ccc3cc4[nH]cnc4cc3c2=O)c(F)c1. The third-order valence-electron chi connectivity index (χ3n) is 4.52. The van der Waals surface area contributed by atoms with E-state index in [0.29, 0.717) is 16.3 Å². The molecule has 4 aromatic rings. The molecule has 1 atom stereocenters. The van der Waals surface area contributed by atoms with Crippen LogP contribution in [0.2, 0.25) is 0 Å². The van der Waals surface area contributed by atoms with E-state index in [0.717, 1.165) is 23.3 Å². The van der Waals surface area contributed by atoms with Crippen LogP contribution in [0.4, 0.5) is 14.9 Å². The van der Waals surface area contributed by atoms with Crippen LogP contribution in [0, 0.1) is 5.82 Å². The van der Waals surface area contributed by atoms with Crippen LogP contribution >= 0.6 is 11.8 Å². The molecule has 0 spiro atoms. The summed E-state index contributed by atoms with van der Waals surface area (Å²) < 4.78 is 30.3. The lowest BCUT2D eigenvalue weighted by molar-refractivity contribution is 0.257. The Bertz CT molecular complexity index is 1480. The monoisotopic (exact) mass is 469 g/mol. The summed E-state index contributed by atoms with van der Waals surface area (Å²) in [6.07, 6.45) is 3.02. The Morgan fingerprint density at radius 2 is 2.09 bits per heavy atom. The first-order valence-electron chi connectivity index (χ1n) is 9.11. The van der Waals surface area contributed by atoms with Gasteiger partial charge in [-0.2, -0.15) is 0 Å². The zero-order valence-electron chi connectivity index (χ0n) is 16.4. The Morgan fingerprint density at radius 3 is 2.84 bits per heavy atom. The minimum Gasteiger partial charge on any atom is -0.345 e. The molecule has 8 nitrogen and oxygen atoms in total. The predicted octanol–water partition coefficient (Wildman–Crippen LogP) is 4.14. The maximum atomic E-state index is 14.8. The standard InChI is InChI=1S/C21H16FN5O3S2/c1-3-31-12(2)32(30)26-21(29)25-14-4-5-19(16(22)9-14)27-7-6-13-8-17-18(24-11-23-17)10-15(13)20(27)28/h3-11H,1-2H2,(H,23,24)(H2,25,26,29). The molecule has 2 aromatic heterocycles. The lowest BCUT2D eigenvalue weighted by Crippen LogP contribution is -2.30. The second kappa shape index (κ2) is 8.81. The molecule has 0 saturated heterocycles. The minimum absolute atomic E-state index is 0.0179. The maximum absolute atomic E-state index is 14.8. The van der Waals surface area contributed by atoms with E-state index < -0.39 is 28.4 Å². The molecule has 1 unspecified atom stereocenters. The van der Waals surface area contributed by atoms with E-state index in [1.54, 1.807) is 18.2 Å². The Balaban J connectivity index is 1.59. The van der Waals surface area contributed by atoms with Crippen molar-refractivity contribution in [2.75, 3.05) is 5.32 Å². The van der Waals surface area contributed by atoms with Gasteiger partial charge in [-0.15, -0.1) is 0 Å². The number of halogens is 1. The third kappa shape index (κ3) is 4.20. The first kappa shape index (κ1) is 21.5. The molecule has 2 aromatic carbocycles. The van der Waals surface area contributed by atoms with Gasteiger partial charge >= 0.3 is 6.03 Å². The van der Waals surface area contributed by atoms with Gasteiger partial charge in [0.15, 0.2) is 11.0 Å². The average molecular weight is 470 g/mol. The molecule has 0 radical (unpaired) electrons. The van der Waals surface area contributed by atoms with E-state index >= 15 is 0 Å². The largest absolute Gasteiger partial charge is 0.345 e. The number of fused-ring (bicyclic) bond motifs is 2. The fourth-order valence-electron chi connectivity index (χ4n) is 3.08. The third-order valence-corrected chi connectivity index (χ3v) is 6.47. The first-order chi connectivity index (χ1) is 15.4. The molecule has 11 heteroatoms. The molecule has 0 aliphatic carbocycles. The normalized spacial score (nSPS) is 11.9. The molecule has 0 fully saturated rings. The van der Waals surface area contributed by atoms with Crippen LogP contribution in [-0.2, 0) is 11.0 Å². The fraction of sp³-hybridized carbons (Fsp3) is 0. The predicted molar refractivity (Wildman–Crippen MR) is 126 cm³/mol. The van der Waals surface area contributed by atoms with Gasteiger partial charge in [0.1, 0.15) is 5.82 Å². The highest BCUT2D eigenvalue weighted by atomic mass is 32.2. The number of anilines is 1. The fourth-order valence-corrected chi connectivity index (χ4v) is 4.28. The topological polar surface area (TPSA) is 109 Å². The van der Waals surface area contributed by atoms with E-state index in [-0.39, 0.29) is 15.6 Å². The van der Waals surface area contributed by atoms with E-state index in [9.17, 15) is 18.2 Å². The van der Waals surface area contributed by atoms with E-state index in [1.807, 2.05) is 0 Å². The number of urea groups is 1. The lowest BCUT2D eigenvalue weighted by Gasteiger charge is -2.11. The van der Waals surface area contributed by atoms with Gasteiger partial charge in [0, 0.05) is 17.3 Å². The molecule has 2 amide bonds. The summed E-state index contributed by atoms with van der Waals surface area (Å²) in [6.45, 7) is 7.03. The zero-order chi connectivity index (χ0) is 22.8. The zero-order valence-corrected chi connectivity index (χ0v) is 18.1. The second-order valence-electron chi connectivity index (χ2n) is 6.50. The molecule has 0 bridgehead atoms. The van der Waals surface area contributed by atoms with Crippen molar-refractivity contribution in [1.29, 1.82) is 0 Å². The average Bonchev–Trinajstić information content (AvgIpc) is 3.21. The number of aromatic nitrogens is 3. The van der Waals surface area contributed by atoms with Crippen molar-refractivity contribution in [1.82, 2.24) is 19.3 Å². The molecule has 0 saturated carbocycles.